The molecule has 0 aliphatic heterocycles. The van der Waals surface area contributed by atoms with Gasteiger partial charge in [-0.05, 0) is 79.2 Å². The third kappa shape index (κ3) is 8.01. The van der Waals surface area contributed by atoms with E-state index in [4.69, 9.17) is 21.4 Å². The van der Waals surface area contributed by atoms with Gasteiger partial charge in [0.25, 0.3) is 5.91 Å². The van der Waals surface area contributed by atoms with E-state index < -0.39 is 17.7 Å². The lowest BCUT2D eigenvalue weighted by Crippen LogP contribution is -2.33. The second kappa shape index (κ2) is 14.6. The van der Waals surface area contributed by atoms with Gasteiger partial charge in [-0.2, -0.15) is 10.2 Å². The average Bonchev–Trinajstić information content (AvgIpc) is 3.49. The summed E-state index contributed by atoms with van der Waals surface area (Å²) in [6, 6.07) is 30.0. The number of carbonyl (C=O) groups is 3. The lowest BCUT2D eigenvalue weighted by molar-refractivity contribution is -0.136. The van der Waals surface area contributed by atoms with Crippen LogP contribution in [0.4, 0.5) is 11.4 Å². The van der Waals surface area contributed by atoms with Crippen molar-refractivity contribution in [3.8, 4) is 22.7 Å². The first kappa shape index (κ1) is 30.7. The van der Waals surface area contributed by atoms with E-state index in [0.29, 0.717) is 28.6 Å². The summed E-state index contributed by atoms with van der Waals surface area (Å²) in [4.78, 5) is 38.3. The van der Waals surface area contributed by atoms with Crippen LogP contribution in [0, 0.1) is 0 Å². The molecule has 0 saturated heterocycles. The van der Waals surface area contributed by atoms with Gasteiger partial charge in [0.05, 0.1) is 29.8 Å². The van der Waals surface area contributed by atoms with Gasteiger partial charge in [-0.15, -0.1) is 0 Å². The summed E-state index contributed by atoms with van der Waals surface area (Å²) in [5, 5.41) is 14.5. The van der Waals surface area contributed by atoms with Crippen molar-refractivity contribution in [1.29, 1.82) is 0 Å². The minimum absolute atomic E-state index is 0.158. The molecule has 3 N–H and O–H groups in total. The van der Waals surface area contributed by atoms with E-state index in [1.165, 1.54) is 18.3 Å². The van der Waals surface area contributed by atoms with Gasteiger partial charge in [-0.25, -0.2) is 10.1 Å². The zero-order valence-corrected chi connectivity index (χ0v) is 25.0. The number of hydrogen-bond donors (Lipinski definition) is 3. The first-order valence-corrected chi connectivity index (χ1v) is 14.5. The highest BCUT2D eigenvalue weighted by Crippen LogP contribution is 2.25. The fourth-order valence-electron chi connectivity index (χ4n) is 4.26. The number of carbonyl (C=O) groups excluding carboxylic acids is 3. The maximum absolute atomic E-state index is 12.9. The average molecular weight is 621 g/mol. The molecule has 1 aromatic heterocycles. The molecule has 5 aromatic rings. The van der Waals surface area contributed by atoms with Crippen LogP contribution in [0.2, 0.25) is 5.02 Å². The van der Waals surface area contributed by atoms with Crippen LogP contribution in [0.1, 0.15) is 29.3 Å². The quantitative estimate of drug-likeness (QED) is 0.0956. The molecule has 0 fully saturated rings. The monoisotopic (exact) mass is 620 g/mol. The number of para-hydroxylation sites is 2. The predicted octanol–water partition coefficient (Wildman–Crippen LogP) is 6.32. The molecule has 226 valence electrons. The molecule has 0 atom stereocenters. The van der Waals surface area contributed by atoms with Gasteiger partial charge >= 0.3 is 11.8 Å². The number of benzene rings is 4. The summed E-state index contributed by atoms with van der Waals surface area (Å²) in [6.45, 7) is 2.66. The minimum Gasteiger partial charge on any atom is -0.494 e. The van der Waals surface area contributed by atoms with Crippen molar-refractivity contribution in [2.24, 2.45) is 5.10 Å². The Hall–Kier alpha value is -5.74. The van der Waals surface area contributed by atoms with E-state index in [1.54, 1.807) is 47.3 Å². The number of nitrogens with one attached hydrogen (secondary N) is 3. The Morgan fingerprint density at radius 1 is 0.867 bits per heavy atom. The molecule has 4 aromatic carbocycles. The molecule has 1 heterocycles. The van der Waals surface area contributed by atoms with Crippen LogP contribution in [-0.4, -0.2) is 40.3 Å². The summed E-state index contributed by atoms with van der Waals surface area (Å²) in [5.74, 6) is -1.74. The largest absolute Gasteiger partial charge is 0.494 e. The second-order valence-electron chi connectivity index (χ2n) is 9.75. The minimum atomic E-state index is -1.02. The lowest BCUT2D eigenvalue weighted by atomic mass is 10.1. The molecule has 3 amide bonds. The molecular weight excluding hydrogens is 592 g/mol. The van der Waals surface area contributed by atoms with Crippen LogP contribution in [0.3, 0.4) is 0 Å². The third-order valence-electron chi connectivity index (χ3n) is 6.46. The Morgan fingerprint density at radius 3 is 2.31 bits per heavy atom. The Balaban J connectivity index is 1.29. The molecule has 0 unspecified atom stereocenters. The number of hydrazone groups is 1. The molecule has 0 aliphatic rings. The molecular formula is C34H29ClN6O4. The van der Waals surface area contributed by atoms with Crippen molar-refractivity contribution in [1.82, 2.24) is 15.2 Å². The van der Waals surface area contributed by atoms with Crippen LogP contribution >= 0.6 is 11.6 Å². The molecule has 10 nitrogen and oxygen atoms in total. The fourth-order valence-corrected chi connectivity index (χ4v) is 4.39. The number of halogens is 1. The summed E-state index contributed by atoms with van der Waals surface area (Å²) in [7, 11) is 0. The SMILES string of the molecule is CCCOc1ccc(-c2nn(-c3ccccc3)cc2C=NNC(=O)C(=O)Nc2ccccc2C(=O)Nc2ccc(Cl)cc2)cc1. The number of nitrogens with zero attached hydrogens (tertiary/aromatic N) is 3. The van der Waals surface area contributed by atoms with E-state index in [1.807, 2.05) is 61.5 Å². The van der Waals surface area contributed by atoms with Crippen LogP contribution in [0.15, 0.2) is 114 Å². The summed E-state index contributed by atoms with van der Waals surface area (Å²) < 4.78 is 7.40. The molecule has 0 saturated carbocycles. The number of aromatic nitrogens is 2. The van der Waals surface area contributed by atoms with Crippen LogP contribution < -0.4 is 20.8 Å². The van der Waals surface area contributed by atoms with Crippen molar-refractivity contribution in [3.05, 3.63) is 125 Å². The van der Waals surface area contributed by atoms with Gasteiger partial charge in [-0.3, -0.25) is 14.4 Å². The van der Waals surface area contributed by atoms with Gasteiger partial charge in [0.15, 0.2) is 0 Å². The standard InChI is InChI=1S/C34H29ClN6O4/c1-2-20-45-28-18-12-23(13-19-28)31-24(22-41(40-31)27-8-4-3-5-9-27)21-36-39-34(44)33(43)38-30-11-7-6-10-29(30)32(42)37-26-16-14-25(35)15-17-26/h3-19,21-22H,2,20H2,1H3,(H,37,42)(H,38,43)(H,39,44). The van der Waals surface area contributed by atoms with E-state index in [0.717, 1.165) is 23.4 Å². The Morgan fingerprint density at radius 2 is 1.58 bits per heavy atom. The van der Waals surface area contributed by atoms with E-state index in [-0.39, 0.29) is 11.3 Å². The van der Waals surface area contributed by atoms with Gasteiger partial charge < -0.3 is 15.4 Å². The molecule has 0 bridgehead atoms. The van der Waals surface area contributed by atoms with Crippen molar-refractivity contribution in [2.45, 2.75) is 13.3 Å². The Labute approximate surface area is 264 Å². The van der Waals surface area contributed by atoms with Crippen LogP contribution in [0.25, 0.3) is 16.9 Å². The first-order valence-electron chi connectivity index (χ1n) is 14.1. The highest BCUT2D eigenvalue weighted by atomic mass is 35.5. The van der Waals surface area contributed by atoms with Crippen molar-refractivity contribution in [3.63, 3.8) is 0 Å². The highest BCUT2D eigenvalue weighted by Gasteiger charge is 2.18. The van der Waals surface area contributed by atoms with E-state index in [2.05, 4.69) is 21.2 Å². The third-order valence-corrected chi connectivity index (χ3v) is 6.71. The zero-order valence-electron chi connectivity index (χ0n) is 24.2. The summed E-state index contributed by atoms with van der Waals surface area (Å²) in [5.41, 5.74) is 5.97. The zero-order chi connectivity index (χ0) is 31.6. The summed E-state index contributed by atoms with van der Waals surface area (Å²) >= 11 is 5.91. The van der Waals surface area contributed by atoms with Gasteiger partial charge in [0, 0.05) is 28.0 Å². The van der Waals surface area contributed by atoms with Crippen molar-refractivity contribution >= 4 is 46.9 Å². The Kier molecular flexibility index (Phi) is 9.98. The normalized spacial score (nSPS) is 10.8. The van der Waals surface area contributed by atoms with Gasteiger partial charge in [0.2, 0.25) is 0 Å². The maximum Gasteiger partial charge on any atom is 0.329 e. The molecule has 0 radical (unpaired) electrons. The Bertz CT molecular complexity index is 1820. The molecule has 45 heavy (non-hydrogen) atoms. The highest BCUT2D eigenvalue weighted by molar-refractivity contribution is 6.40. The predicted molar refractivity (Wildman–Crippen MR) is 175 cm³/mol. The molecule has 11 heteroatoms. The fraction of sp³-hybridized carbons (Fsp3) is 0.0882. The molecule has 0 aliphatic carbocycles. The van der Waals surface area contributed by atoms with Crippen molar-refractivity contribution < 1.29 is 19.1 Å². The van der Waals surface area contributed by atoms with Gasteiger partial charge in [0.1, 0.15) is 11.4 Å². The summed E-state index contributed by atoms with van der Waals surface area (Å²) in [6.07, 6.45) is 4.10. The second-order valence-corrected chi connectivity index (χ2v) is 10.2. The topological polar surface area (TPSA) is 127 Å². The van der Waals surface area contributed by atoms with Crippen LogP contribution in [-0.2, 0) is 9.59 Å². The number of ether oxygens (including phenoxy) is 1. The van der Waals surface area contributed by atoms with E-state index >= 15 is 0 Å². The number of amides is 3. The number of anilines is 2. The molecule has 5 rings (SSSR count). The smallest absolute Gasteiger partial charge is 0.329 e. The number of hydrogen-bond acceptors (Lipinski definition) is 6. The maximum atomic E-state index is 12.9. The first-order chi connectivity index (χ1) is 21.9. The lowest BCUT2D eigenvalue weighted by Gasteiger charge is -2.11. The van der Waals surface area contributed by atoms with Gasteiger partial charge in [-0.1, -0.05) is 48.9 Å². The number of rotatable bonds is 10. The van der Waals surface area contributed by atoms with E-state index in [9.17, 15) is 14.4 Å². The molecule has 0 spiro atoms. The van der Waals surface area contributed by atoms with Crippen molar-refractivity contribution in [2.75, 3.05) is 17.2 Å². The van der Waals surface area contributed by atoms with Crippen LogP contribution in [0.5, 0.6) is 5.75 Å².